The summed E-state index contributed by atoms with van der Waals surface area (Å²) < 4.78 is 53.7. The van der Waals surface area contributed by atoms with Crippen LogP contribution in [-0.4, -0.2) is 47.8 Å². The van der Waals surface area contributed by atoms with Crippen LogP contribution in [0.25, 0.3) is 0 Å². The van der Waals surface area contributed by atoms with E-state index in [0.717, 1.165) is 30.3 Å². The molecule has 1 aliphatic rings. The smallest absolute Gasteiger partial charge is 0.257 e. The Morgan fingerprint density at radius 2 is 1.15 bits per heavy atom. The minimum absolute atomic E-state index is 0.0866. The number of amides is 2. The summed E-state index contributed by atoms with van der Waals surface area (Å²) in [4.78, 5) is 27.3. The highest BCUT2D eigenvalue weighted by molar-refractivity contribution is 5.96. The van der Waals surface area contributed by atoms with Gasteiger partial charge in [0.2, 0.25) is 0 Å². The number of carbonyl (C=O) groups excluding carboxylic acids is 2. The minimum Gasteiger partial charge on any atom is -0.335 e. The van der Waals surface area contributed by atoms with Gasteiger partial charge in [0.05, 0.1) is 11.1 Å². The van der Waals surface area contributed by atoms with E-state index in [-0.39, 0.29) is 37.3 Å². The Hall–Kier alpha value is -2.90. The van der Waals surface area contributed by atoms with E-state index in [1.54, 1.807) is 0 Å². The van der Waals surface area contributed by atoms with Crippen molar-refractivity contribution in [3.63, 3.8) is 0 Å². The van der Waals surface area contributed by atoms with Crippen LogP contribution in [0.15, 0.2) is 36.4 Å². The molecule has 0 aromatic heterocycles. The molecule has 0 unspecified atom stereocenters. The molecule has 2 amide bonds. The summed E-state index contributed by atoms with van der Waals surface area (Å²) in [5.74, 6) is -4.60. The maximum absolute atomic E-state index is 13.7. The first-order valence-corrected chi connectivity index (χ1v) is 7.85. The zero-order chi connectivity index (χ0) is 18.8. The lowest BCUT2D eigenvalue weighted by molar-refractivity contribution is 0.0530. The fourth-order valence-electron chi connectivity index (χ4n) is 2.78. The standard InChI is InChI=1S/C18H14F4N2O2/c19-11-2-4-15(21)14(9-11)18(26)24-7-5-23(6-8-24)17(25)13-3-1-12(20)10-16(13)22/h1-4,9-10H,5-8H2. The predicted octanol–water partition coefficient (Wildman–Crippen LogP) is 2.84. The quantitative estimate of drug-likeness (QED) is 0.767. The van der Waals surface area contributed by atoms with Crippen molar-refractivity contribution >= 4 is 11.8 Å². The van der Waals surface area contributed by atoms with E-state index in [1.165, 1.54) is 9.80 Å². The van der Waals surface area contributed by atoms with E-state index >= 15 is 0 Å². The third-order valence-corrected chi connectivity index (χ3v) is 4.17. The van der Waals surface area contributed by atoms with Crippen molar-refractivity contribution in [1.29, 1.82) is 0 Å². The van der Waals surface area contributed by atoms with Gasteiger partial charge in [0.25, 0.3) is 11.8 Å². The summed E-state index contributed by atoms with van der Waals surface area (Å²) in [6.45, 7) is 0.364. The molecule has 0 N–H and O–H groups in total. The van der Waals surface area contributed by atoms with Crippen LogP contribution in [0.4, 0.5) is 17.6 Å². The molecule has 0 atom stereocenters. The van der Waals surface area contributed by atoms with E-state index in [2.05, 4.69) is 0 Å². The summed E-state index contributed by atoms with van der Waals surface area (Å²) in [6.07, 6.45) is 0. The van der Waals surface area contributed by atoms with Crippen molar-refractivity contribution in [2.45, 2.75) is 0 Å². The van der Waals surface area contributed by atoms with Gasteiger partial charge in [0.1, 0.15) is 23.3 Å². The molecule has 1 aliphatic heterocycles. The topological polar surface area (TPSA) is 40.6 Å². The van der Waals surface area contributed by atoms with E-state index in [9.17, 15) is 27.2 Å². The number of benzene rings is 2. The SMILES string of the molecule is O=C(c1ccc(F)cc1F)N1CCN(C(=O)c2cc(F)ccc2F)CC1. The third kappa shape index (κ3) is 3.54. The van der Waals surface area contributed by atoms with Crippen LogP contribution >= 0.6 is 0 Å². The summed E-state index contributed by atoms with van der Waals surface area (Å²) in [6, 6.07) is 5.29. The average Bonchev–Trinajstić information content (AvgIpc) is 2.63. The maximum Gasteiger partial charge on any atom is 0.257 e. The van der Waals surface area contributed by atoms with Gasteiger partial charge in [0.15, 0.2) is 0 Å². The molecule has 136 valence electrons. The van der Waals surface area contributed by atoms with E-state index in [4.69, 9.17) is 0 Å². The van der Waals surface area contributed by atoms with Gasteiger partial charge in [-0.05, 0) is 30.3 Å². The fourth-order valence-corrected chi connectivity index (χ4v) is 2.78. The van der Waals surface area contributed by atoms with Crippen molar-refractivity contribution in [3.8, 4) is 0 Å². The molecular weight excluding hydrogens is 352 g/mol. The highest BCUT2D eigenvalue weighted by Crippen LogP contribution is 2.17. The van der Waals surface area contributed by atoms with Gasteiger partial charge in [0, 0.05) is 32.2 Å². The molecule has 1 heterocycles. The fraction of sp³-hybridized carbons (Fsp3) is 0.222. The van der Waals surface area contributed by atoms with Crippen molar-refractivity contribution in [3.05, 3.63) is 70.8 Å². The molecule has 0 aliphatic carbocycles. The van der Waals surface area contributed by atoms with Crippen LogP contribution in [0.1, 0.15) is 20.7 Å². The highest BCUT2D eigenvalue weighted by atomic mass is 19.1. The predicted molar refractivity (Wildman–Crippen MR) is 84.5 cm³/mol. The number of carbonyl (C=O) groups is 2. The van der Waals surface area contributed by atoms with Crippen LogP contribution in [0.5, 0.6) is 0 Å². The summed E-state index contributed by atoms with van der Waals surface area (Å²) >= 11 is 0. The van der Waals surface area contributed by atoms with Crippen LogP contribution in [0.3, 0.4) is 0 Å². The number of nitrogens with zero attached hydrogens (tertiary/aromatic N) is 2. The zero-order valence-corrected chi connectivity index (χ0v) is 13.5. The highest BCUT2D eigenvalue weighted by Gasteiger charge is 2.28. The molecule has 4 nitrogen and oxygen atoms in total. The van der Waals surface area contributed by atoms with Crippen molar-refractivity contribution in [2.24, 2.45) is 0 Å². The second kappa shape index (κ2) is 7.15. The third-order valence-electron chi connectivity index (χ3n) is 4.17. The van der Waals surface area contributed by atoms with Gasteiger partial charge in [-0.3, -0.25) is 9.59 Å². The zero-order valence-electron chi connectivity index (χ0n) is 13.5. The number of hydrogen-bond acceptors (Lipinski definition) is 2. The Bertz CT molecular complexity index is 864. The molecule has 0 bridgehead atoms. The van der Waals surface area contributed by atoms with Gasteiger partial charge in [-0.1, -0.05) is 0 Å². The Balaban J connectivity index is 1.68. The summed E-state index contributed by atoms with van der Waals surface area (Å²) in [5.41, 5.74) is -0.642. The van der Waals surface area contributed by atoms with Crippen LogP contribution in [0, 0.1) is 23.3 Å². The summed E-state index contributed by atoms with van der Waals surface area (Å²) in [5, 5.41) is 0. The van der Waals surface area contributed by atoms with Crippen molar-refractivity contribution in [1.82, 2.24) is 9.80 Å². The first-order chi connectivity index (χ1) is 12.4. The second-order valence-corrected chi connectivity index (χ2v) is 5.83. The Morgan fingerprint density at radius 1 is 0.654 bits per heavy atom. The number of hydrogen-bond donors (Lipinski definition) is 0. The van der Waals surface area contributed by atoms with E-state index in [0.29, 0.717) is 6.07 Å². The molecule has 0 saturated carbocycles. The molecule has 0 radical (unpaired) electrons. The normalized spacial score (nSPS) is 14.5. The lowest BCUT2D eigenvalue weighted by Crippen LogP contribution is -2.50. The van der Waals surface area contributed by atoms with Crippen molar-refractivity contribution < 1.29 is 27.2 Å². The number of halogens is 4. The molecule has 2 aromatic rings. The molecule has 3 rings (SSSR count). The molecule has 2 aromatic carbocycles. The molecular formula is C18H14F4N2O2. The molecule has 1 fully saturated rings. The van der Waals surface area contributed by atoms with Gasteiger partial charge >= 0.3 is 0 Å². The Labute approximate surface area is 146 Å². The van der Waals surface area contributed by atoms with Gasteiger partial charge in [-0.15, -0.1) is 0 Å². The number of rotatable bonds is 2. The molecule has 1 saturated heterocycles. The lowest BCUT2D eigenvalue weighted by atomic mass is 10.1. The molecule has 8 heteroatoms. The largest absolute Gasteiger partial charge is 0.335 e. The first-order valence-electron chi connectivity index (χ1n) is 7.85. The Kier molecular flexibility index (Phi) is 4.92. The number of piperazine rings is 1. The minimum atomic E-state index is -0.963. The average molecular weight is 366 g/mol. The van der Waals surface area contributed by atoms with Crippen molar-refractivity contribution in [2.75, 3.05) is 26.2 Å². The summed E-state index contributed by atoms with van der Waals surface area (Å²) in [7, 11) is 0. The molecule has 26 heavy (non-hydrogen) atoms. The van der Waals surface area contributed by atoms with E-state index < -0.39 is 35.1 Å². The Morgan fingerprint density at radius 3 is 1.73 bits per heavy atom. The maximum atomic E-state index is 13.7. The van der Waals surface area contributed by atoms with Crippen LogP contribution in [-0.2, 0) is 0 Å². The van der Waals surface area contributed by atoms with Crippen LogP contribution < -0.4 is 0 Å². The van der Waals surface area contributed by atoms with Gasteiger partial charge < -0.3 is 9.80 Å². The lowest BCUT2D eigenvalue weighted by Gasteiger charge is -2.35. The van der Waals surface area contributed by atoms with Gasteiger partial charge in [-0.25, -0.2) is 17.6 Å². The second-order valence-electron chi connectivity index (χ2n) is 5.83. The van der Waals surface area contributed by atoms with Gasteiger partial charge in [-0.2, -0.15) is 0 Å². The molecule has 0 spiro atoms. The monoisotopic (exact) mass is 366 g/mol. The van der Waals surface area contributed by atoms with E-state index in [1.807, 2.05) is 0 Å². The van der Waals surface area contributed by atoms with Crippen LogP contribution in [0.2, 0.25) is 0 Å². The first kappa shape index (κ1) is 17.9.